The Bertz CT molecular complexity index is 579. The molecule has 1 aromatic carbocycles. The molecule has 5 heteroatoms. The lowest BCUT2D eigenvalue weighted by Crippen LogP contribution is -2.37. The molecule has 1 atom stereocenters. The van der Waals surface area contributed by atoms with Crippen molar-refractivity contribution in [3.63, 3.8) is 0 Å². The molecule has 0 bridgehead atoms. The van der Waals surface area contributed by atoms with Gasteiger partial charge in [-0.3, -0.25) is 9.69 Å². The number of benzene rings is 1. The lowest BCUT2D eigenvalue weighted by atomic mass is 9.91. The predicted molar refractivity (Wildman–Crippen MR) is 69.8 cm³/mol. The standard InChI is InChI=1S/C14H15N3O2/c18-13(19)8-17-6-11(10-4-2-1-3-5-10)14-12(7-17)15-9-16-14/h1-5,9,11H,6-8H2,(H,15,16)(H,18,19). The van der Waals surface area contributed by atoms with Gasteiger partial charge in [-0.25, -0.2) is 4.98 Å². The highest BCUT2D eigenvalue weighted by Crippen LogP contribution is 2.30. The maximum atomic E-state index is 10.9. The summed E-state index contributed by atoms with van der Waals surface area (Å²) in [6.07, 6.45) is 1.69. The van der Waals surface area contributed by atoms with E-state index in [1.807, 2.05) is 23.1 Å². The molecule has 3 rings (SSSR count). The molecule has 5 nitrogen and oxygen atoms in total. The molecule has 1 aromatic heterocycles. The number of hydrogen-bond acceptors (Lipinski definition) is 3. The molecule has 19 heavy (non-hydrogen) atoms. The van der Waals surface area contributed by atoms with Crippen molar-refractivity contribution >= 4 is 5.97 Å². The van der Waals surface area contributed by atoms with Gasteiger partial charge in [0.25, 0.3) is 0 Å². The lowest BCUT2D eigenvalue weighted by molar-refractivity contribution is -0.138. The average molecular weight is 257 g/mol. The number of fused-ring (bicyclic) bond motifs is 1. The molecule has 1 aliphatic rings. The van der Waals surface area contributed by atoms with E-state index in [1.165, 1.54) is 5.56 Å². The highest BCUT2D eigenvalue weighted by molar-refractivity contribution is 5.69. The quantitative estimate of drug-likeness (QED) is 0.873. The molecule has 2 heterocycles. The first-order chi connectivity index (χ1) is 9.24. The van der Waals surface area contributed by atoms with Crippen LogP contribution in [0.4, 0.5) is 0 Å². The molecule has 0 amide bonds. The topological polar surface area (TPSA) is 69.2 Å². The monoisotopic (exact) mass is 257 g/mol. The van der Waals surface area contributed by atoms with E-state index in [4.69, 9.17) is 5.11 Å². The Morgan fingerprint density at radius 1 is 1.42 bits per heavy atom. The summed E-state index contributed by atoms with van der Waals surface area (Å²) in [6.45, 7) is 1.36. The van der Waals surface area contributed by atoms with Crippen molar-refractivity contribution in [2.24, 2.45) is 0 Å². The summed E-state index contributed by atoms with van der Waals surface area (Å²) < 4.78 is 0. The van der Waals surface area contributed by atoms with Crippen LogP contribution in [0.3, 0.4) is 0 Å². The van der Waals surface area contributed by atoms with E-state index < -0.39 is 5.97 Å². The molecule has 2 N–H and O–H groups in total. The number of aromatic nitrogens is 2. The van der Waals surface area contributed by atoms with Crippen molar-refractivity contribution in [1.82, 2.24) is 14.9 Å². The minimum Gasteiger partial charge on any atom is -0.480 e. The molecule has 0 radical (unpaired) electrons. The number of carbonyl (C=O) groups is 1. The largest absolute Gasteiger partial charge is 0.480 e. The number of hydrogen-bond donors (Lipinski definition) is 2. The predicted octanol–water partition coefficient (Wildman–Crippen LogP) is 1.44. The second-order valence-corrected chi connectivity index (χ2v) is 4.79. The molecule has 0 aliphatic carbocycles. The summed E-state index contributed by atoms with van der Waals surface area (Å²) in [5.74, 6) is -0.662. The fraction of sp³-hybridized carbons (Fsp3) is 0.286. The molecule has 0 saturated heterocycles. The molecule has 1 unspecified atom stereocenters. The Labute approximate surface area is 110 Å². The van der Waals surface area contributed by atoms with Crippen LogP contribution in [0.5, 0.6) is 0 Å². The van der Waals surface area contributed by atoms with Crippen LogP contribution in [-0.4, -0.2) is 39.0 Å². The SMILES string of the molecule is O=C(O)CN1Cc2[nH]cnc2C(c2ccccc2)C1. The van der Waals surface area contributed by atoms with Crippen LogP contribution in [0.25, 0.3) is 0 Å². The van der Waals surface area contributed by atoms with Gasteiger partial charge in [0.2, 0.25) is 0 Å². The third-order valence-corrected chi connectivity index (χ3v) is 3.46. The number of nitrogens with one attached hydrogen (secondary N) is 1. The highest BCUT2D eigenvalue weighted by atomic mass is 16.4. The van der Waals surface area contributed by atoms with Crippen molar-refractivity contribution in [3.05, 3.63) is 53.6 Å². The van der Waals surface area contributed by atoms with E-state index in [9.17, 15) is 4.79 Å². The fourth-order valence-corrected chi connectivity index (χ4v) is 2.65. The molecule has 98 valence electrons. The zero-order chi connectivity index (χ0) is 13.2. The van der Waals surface area contributed by atoms with E-state index in [2.05, 4.69) is 22.1 Å². The van der Waals surface area contributed by atoms with Gasteiger partial charge in [-0.1, -0.05) is 30.3 Å². The molecule has 0 saturated carbocycles. The molecular formula is C14H15N3O2. The van der Waals surface area contributed by atoms with Gasteiger partial charge in [0.05, 0.1) is 24.3 Å². The molecule has 0 spiro atoms. The number of nitrogens with zero attached hydrogens (tertiary/aromatic N) is 2. The lowest BCUT2D eigenvalue weighted by Gasteiger charge is -2.31. The van der Waals surface area contributed by atoms with Crippen LogP contribution in [0.15, 0.2) is 36.7 Å². The first-order valence-corrected chi connectivity index (χ1v) is 6.25. The number of rotatable bonds is 3. The number of carboxylic acids is 1. The molecule has 0 fully saturated rings. The van der Waals surface area contributed by atoms with Crippen LogP contribution in [0.2, 0.25) is 0 Å². The smallest absolute Gasteiger partial charge is 0.317 e. The number of carboxylic acid groups (broad SMARTS) is 1. The Morgan fingerprint density at radius 3 is 2.95 bits per heavy atom. The van der Waals surface area contributed by atoms with E-state index in [-0.39, 0.29) is 12.5 Å². The molecule has 2 aromatic rings. The van der Waals surface area contributed by atoms with Crippen LogP contribution >= 0.6 is 0 Å². The third kappa shape index (κ3) is 2.37. The van der Waals surface area contributed by atoms with Gasteiger partial charge in [-0.15, -0.1) is 0 Å². The molecular weight excluding hydrogens is 242 g/mol. The minimum atomic E-state index is -0.797. The van der Waals surface area contributed by atoms with Crippen molar-refractivity contribution in [2.75, 3.05) is 13.1 Å². The number of H-pyrrole nitrogens is 1. The van der Waals surface area contributed by atoms with E-state index in [0.717, 1.165) is 11.4 Å². The zero-order valence-corrected chi connectivity index (χ0v) is 10.4. The Hall–Kier alpha value is -2.14. The summed E-state index contributed by atoms with van der Waals surface area (Å²) in [5, 5.41) is 8.95. The number of aliphatic carboxylic acids is 1. The maximum Gasteiger partial charge on any atom is 0.317 e. The van der Waals surface area contributed by atoms with Crippen molar-refractivity contribution in [2.45, 2.75) is 12.5 Å². The average Bonchev–Trinajstić information content (AvgIpc) is 2.86. The van der Waals surface area contributed by atoms with Gasteiger partial charge in [0.1, 0.15) is 0 Å². The van der Waals surface area contributed by atoms with E-state index >= 15 is 0 Å². The fourth-order valence-electron chi connectivity index (χ4n) is 2.65. The van der Waals surface area contributed by atoms with E-state index in [1.54, 1.807) is 6.33 Å². The van der Waals surface area contributed by atoms with Crippen molar-refractivity contribution in [3.8, 4) is 0 Å². The van der Waals surface area contributed by atoms with Crippen molar-refractivity contribution in [1.29, 1.82) is 0 Å². The summed E-state index contributed by atoms with van der Waals surface area (Å²) in [6, 6.07) is 10.1. The minimum absolute atomic E-state index is 0.0573. The van der Waals surface area contributed by atoms with Gasteiger partial charge in [-0.05, 0) is 5.56 Å². The maximum absolute atomic E-state index is 10.9. The zero-order valence-electron chi connectivity index (χ0n) is 10.4. The second-order valence-electron chi connectivity index (χ2n) is 4.79. The van der Waals surface area contributed by atoms with E-state index in [0.29, 0.717) is 13.1 Å². The van der Waals surface area contributed by atoms with Gasteiger partial charge in [-0.2, -0.15) is 0 Å². The van der Waals surface area contributed by atoms with Gasteiger partial charge >= 0.3 is 5.97 Å². The Morgan fingerprint density at radius 2 is 2.21 bits per heavy atom. The summed E-state index contributed by atoms with van der Waals surface area (Å²) in [4.78, 5) is 20.3. The summed E-state index contributed by atoms with van der Waals surface area (Å²) >= 11 is 0. The first-order valence-electron chi connectivity index (χ1n) is 6.25. The second kappa shape index (κ2) is 4.85. The normalized spacial score (nSPS) is 19.1. The third-order valence-electron chi connectivity index (χ3n) is 3.46. The summed E-state index contributed by atoms with van der Waals surface area (Å²) in [7, 11) is 0. The number of aromatic amines is 1. The van der Waals surface area contributed by atoms with Crippen LogP contribution in [-0.2, 0) is 11.3 Å². The van der Waals surface area contributed by atoms with Crippen LogP contribution in [0, 0.1) is 0 Å². The first kappa shape index (κ1) is 11.9. The van der Waals surface area contributed by atoms with Crippen molar-refractivity contribution < 1.29 is 9.90 Å². The summed E-state index contributed by atoms with van der Waals surface area (Å²) in [5.41, 5.74) is 3.22. The Kier molecular flexibility index (Phi) is 3.05. The van der Waals surface area contributed by atoms with Crippen LogP contribution < -0.4 is 0 Å². The van der Waals surface area contributed by atoms with Crippen LogP contribution in [0.1, 0.15) is 22.9 Å². The van der Waals surface area contributed by atoms with Gasteiger partial charge in [0.15, 0.2) is 0 Å². The highest BCUT2D eigenvalue weighted by Gasteiger charge is 2.29. The Balaban J connectivity index is 1.93. The van der Waals surface area contributed by atoms with Gasteiger partial charge in [0, 0.05) is 19.0 Å². The number of imidazole rings is 1. The van der Waals surface area contributed by atoms with Gasteiger partial charge < -0.3 is 10.1 Å². The molecule has 1 aliphatic heterocycles.